The van der Waals surface area contributed by atoms with E-state index in [1.165, 1.54) is 11.3 Å². The molecule has 26 heavy (non-hydrogen) atoms. The van der Waals surface area contributed by atoms with Gasteiger partial charge in [0.1, 0.15) is 0 Å². The number of aryl methyl sites for hydroxylation is 1. The molecule has 6 heteroatoms. The topological polar surface area (TPSA) is 46.8 Å². The molecular formula is C20H25N5S. The molecule has 0 radical (unpaired) electrons. The van der Waals surface area contributed by atoms with E-state index in [0.29, 0.717) is 5.82 Å². The Kier molecular flexibility index (Phi) is 7.10. The average molecular weight is 368 g/mol. The Morgan fingerprint density at radius 1 is 1.08 bits per heavy atom. The van der Waals surface area contributed by atoms with Crippen LogP contribution < -0.4 is 0 Å². The van der Waals surface area contributed by atoms with E-state index >= 15 is 0 Å². The lowest BCUT2D eigenvalue weighted by Crippen LogP contribution is -2.24. The van der Waals surface area contributed by atoms with Crippen molar-refractivity contribution in [3.63, 3.8) is 0 Å². The van der Waals surface area contributed by atoms with Crippen LogP contribution in [0.25, 0.3) is 11.4 Å². The van der Waals surface area contributed by atoms with Crippen LogP contribution >= 0.6 is 11.3 Å². The summed E-state index contributed by atoms with van der Waals surface area (Å²) in [6.07, 6.45) is 5.36. The quantitative estimate of drug-likeness (QED) is 0.375. The number of hydrogen-bond donors (Lipinski definition) is 0. The number of unbranched alkanes of at least 4 members (excludes halogenated alkanes) is 2. The molecule has 5 nitrogen and oxygen atoms in total. The molecule has 0 aliphatic heterocycles. The molecule has 3 aromatic rings. The molecule has 0 amide bonds. The number of thiophene rings is 1. The summed E-state index contributed by atoms with van der Waals surface area (Å²) in [5.41, 5.74) is 1.01. The number of benzene rings is 1. The molecule has 0 N–H and O–H groups in total. The molecular weight excluding hydrogens is 342 g/mol. The highest BCUT2D eigenvalue weighted by Crippen LogP contribution is 2.14. The highest BCUT2D eigenvalue weighted by molar-refractivity contribution is 7.09. The van der Waals surface area contributed by atoms with E-state index in [1.54, 1.807) is 4.80 Å². The van der Waals surface area contributed by atoms with Gasteiger partial charge in [-0.25, -0.2) is 0 Å². The second-order valence-electron chi connectivity index (χ2n) is 6.24. The predicted molar refractivity (Wildman–Crippen MR) is 107 cm³/mol. The summed E-state index contributed by atoms with van der Waals surface area (Å²) >= 11 is 1.82. The van der Waals surface area contributed by atoms with Crippen LogP contribution in [0.3, 0.4) is 0 Å². The first kappa shape index (κ1) is 18.5. The van der Waals surface area contributed by atoms with Crippen LogP contribution in [-0.2, 0) is 13.1 Å². The second kappa shape index (κ2) is 9.99. The van der Waals surface area contributed by atoms with Crippen molar-refractivity contribution in [2.75, 3.05) is 13.1 Å². The van der Waals surface area contributed by atoms with Crippen molar-refractivity contribution < 1.29 is 0 Å². The molecule has 136 valence electrons. The monoisotopic (exact) mass is 367 g/mol. The smallest absolute Gasteiger partial charge is 0.204 e. The second-order valence-corrected chi connectivity index (χ2v) is 7.27. The standard InChI is InChI=1S/C20H25N5S/c1-2-13-24(17-19-12-9-16-26-19)14-7-4-8-15-25-22-20(21-23-25)18-10-5-3-6-11-18/h2-3,5-6,9-12,16H,1,4,7-8,13-15,17H2. The first-order valence-electron chi connectivity index (χ1n) is 9.04. The van der Waals surface area contributed by atoms with Crippen molar-refractivity contribution in [1.29, 1.82) is 0 Å². The van der Waals surface area contributed by atoms with E-state index in [1.807, 2.05) is 47.7 Å². The summed E-state index contributed by atoms with van der Waals surface area (Å²) < 4.78 is 0. The molecule has 0 spiro atoms. The van der Waals surface area contributed by atoms with E-state index in [2.05, 4.69) is 44.4 Å². The minimum atomic E-state index is 0.693. The van der Waals surface area contributed by atoms with Gasteiger partial charge in [-0.2, -0.15) is 4.80 Å². The van der Waals surface area contributed by atoms with Gasteiger partial charge in [0.05, 0.1) is 6.54 Å². The summed E-state index contributed by atoms with van der Waals surface area (Å²) in [4.78, 5) is 5.56. The van der Waals surface area contributed by atoms with Gasteiger partial charge in [-0.1, -0.05) is 48.9 Å². The molecule has 3 rings (SSSR count). The van der Waals surface area contributed by atoms with E-state index in [0.717, 1.165) is 44.6 Å². The van der Waals surface area contributed by atoms with Gasteiger partial charge in [-0.15, -0.1) is 28.1 Å². The maximum atomic E-state index is 4.46. The summed E-state index contributed by atoms with van der Waals surface area (Å²) in [6.45, 7) is 7.72. The van der Waals surface area contributed by atoms with Crippen molar-refractivity contribution in [1.82, 2.24) is 25.1 Å². The van der Waals surface area contributed by atoms with Crippen LogP contribution in [0.2, 0.25) is 0 Å². The Morgan fingerprint density at radius 2 is 1.96 bits per heavy atom. The van der Waals surface area contributed by atoms with Crippen LogP contribution in [-0.4, -0.2) is 38.2 Å². The van der Waals surface area contributed by atoms with Gasteiger partial charge in [0.25, 0.3) is 0 Å². The zero-order chi connectivity index (χ0) is 18.0. The third kappa shape index (κ3) is 5.61. The number of rotatable bonds is 11. The van der Waals surface area contributed by atoms with Crippen LogP contribution in [0.15, 0.2) is 60.5 Å². The maximum Gasteiger partial charge on any atom is 0.204 e. The van der Waals surface area contributed by atoms with Gasteiger partial charge in [0.15, 0.2) is 0 Å². The number of hydrogen-bond acceptors (Lipinski definition) is 5. The SMILES string of the molecule is C=CCN(CCCCCn1nnc(-c2ccccc2)n1)Cc1cccs1. The molecule has 0 aliphatic rings. The molecule has 0 atom stereocenters. The Bertz CT molecular complexity index is 767. The van der Waals surface area contributed by atoms with Gasteiger partial charge in [0, 0.05) is 23.5 Å². The molecule has 0 saturated heterocycles. The molecule has 0 unspecified atom stereocenters. The molecule has 0 bridgehead atoms. The van der Waals surface area contributed by atoms with E-state index in [9.17, 15) is 0 Å². The zero-order valence-corrected chi connectivity index (χ0v) is 15.8. The van der Waals surface area contributed by atoms with Gasteiger partial charge < -0.3 is 0 Å². The first-order chi connectivity index (χ1) is 12.8. The molecule has 0 saturated carbocycles. The fourth-order valence-electron chi connectivity index (χ4n) is 2.85. The normalized spacial score (nSPS) is 11.1. The highest BCUT2D eigenvalue weighted by atomic mass is 32.1. The van der Waals surface area contributed by atoms with Crippen molar-refractivity contribution >= 4 is 11.3 Å². The Hall–Kier alpha value is -2.31. The van der Waals surface area contributed by atoms with Crippen molar-refractivity contribution in [3.05, 3.63) is 65.4 Å². The van der Waals surface area contributed by atoms with Gasteiger partial charge >= 0.3 is 0 Å². The van der Waals surface area contributed by atoms with Crippen LogP contribution in [0.4, 0.5) is 0 Å². The summed E-state index contributed by atoms with van der Waals surface area (Å²) in [7, 11) is 0. The minimum absolute atomic E-state index is 0.693. The first-order valence-corrected chi connectivity index (χ1v) is 9.92. The van der Waals surface area contributed by atoms with Crippen molar-refractivity contribution in [2.24, 2.45) is 0 Å². The lowest BCUT2D eigenvalue weighted by Gasteiger charge is -2.19. The van der Waals surface area contributed by atoms with E-state index in [-0.39, 0.29) is 0 Å². The van der Waals surface area contributed by atoms with Crippen molar-refractivity contribution in [2.45, 2.75) is 32.4 Å². The fraction of sp³-hybridized carbons (Fsp3) is 0.350. The maximum absolute atomic E-state index is 4.46. The van der Waals surface area contributed by atoms with Gasteiger partial charge in [-0.05, 0) is 36.0 Å². The lowest BCUT2D eigenvalue weighted by molar-refractivity contribution is 0.287. The van der Waals surface area contributed by atoms with Crippen LogP contribution in [0.5, 0.6) is 0 Å². The third-order valence-electron chi connectivity index (χ3n) is 4.16. The fourth-order valence-corrected chi connectivity index (χ4v) is 3.59. The number of tetrazole rings is 1. The predicted octanol–water partition coefficient (Wildman–Crippen LogP) is 4.26. The van der Waals surface area contributed by atoms with E-state index in [4.69, 9.17) is 0 Å². The zero-order valence-electron chi connectivity index (χ0n) is 15.0. The molecule has 0 fully saturated rings. The molecule has 2 heterocycles. The van der Waals surface area contributed by atoms with Gasteiger partial charge in [0.2, 0.25) is 5.82 Å². The Labute approximate surface area is 159 Å². The van der Waals surface area contributed by atoms with Crippen molar-refractivity contribution in [3.8, 4) is 11.4 Å². The summed E-state index contributed by atoms with van der Waals surface area (Å²) in [5, 5.41) is 14.9. The van der Waals surface area contributed by atoms with Gasteiger partial charge in [-0.3, -0.25) is 4.90 Å². The molecule has 2 aromatic heterocycles. The van der Waals surface area contributed by atoms with Crippen LogP contribution in [0.1, 0.15) is 24.1 Å². The largest absolute Gasteiger partial charge is 0.295 e. The number of nitrogens with zero attached hydrogens (tertiary/aromatic N) is 5. The minimum Gasteiger partial charge on any atom is -0.295 e. The number of aromatic nitrogens is 4. The summed E-state index contributed by atoms with van der Waals surface area (Å²) in [5.74, 6) is 0.693. The Morgan fingerprint density at radius 3 is 2.73 bits per heavy atom. The molecule has 1 aromatic carbocycles. The Balaban J connectivity index is 1.38. The van der Waals surface area contributed by atoms with E-state index < -0.39 is 0 Å². The highest BCUT2D eigenvalue weighted by Gasteiger charge is 2.06. The molecule has 0 aliphatic carbocycles. The third-order valence-corrected chi connectivity index (χ3v) is 5.03. The lowest BCUT2D eigenvalue weighted by atomic mass is 10.2. The summed E-state index contributed by atoms with van der Waals surface area (Å²) in [6, 6.07) is 14.3. The average Bonchev–Trinajstić information content (AvgIpc) is 3.34. The van der Waals surface area contributed by atoms with Crippen LogP contribution in [0, 0.1) is 0 Å².